The van der Waals surface area contributed by atoms with Crippen LogP contribution in [0.1, 0.15) is 38.3 Å². The third kappa shape index (κ3) is 4.84. The van der Waals surface area contributed by atoms with Crippen molar-refractivity contribution in [3.8, 4) is 5.75 Å². The summed E-state index contributed by atoms with van der Waals surface area (Å²) in [6.07, 6.45) is 1.65. The third-order valence-electron chi connectivity index (χ3n) is 3.67. The molecule has 2 N–H and O–H groups in total. The number of nitrogens with one attached hydrogen (secondary N) is 1. The molecule has 0 radical (unpaired) electrons. The van der Waals surface area contributed by atoms with Crippen LogP contribution in [0.2, 0.25) is 0 Å². The molecular formula is C19H21NO4. The predicted octanol–water partition coefficient (Wildman–Crippen LogP) is 3.06. The van der Waals surface area contributed by atoms with E-state index in [0.29, 0.717) is 12.1 Å². The summed E-state index contributed by atoms with van der Waals surface area (Å²) in [6.45, 7) is 2.30. The molecule has 0 aliphatic heterocycles. The van der Waals surface area contributed by atoms with Gasteiger partial charge in [0.2, 0.25) is 0 Å². The summed E-state index contributed by atoms with van der Waals surface area (Å²) in [4.78, 5) is 23.2. The zero-order valence-electron chi connectivity index (χ0n) is 13.8. The van der Waals surface area contributed by atoms with Crippen molar-refractivity contribution in [3.05, 3.63) is 64.7 Å². The molecule has 24 heavy (non-hydrogen) atoms. The van der Waals surface area contributed by atoms with Crippen molar-refractivity contribution < 1.29 is 19.4 Å². The van der Waals surface area contributed by atoms with Gasteiger partial charge in [0.1, 0.15) is 5.75 Å². The molecule has 0 aliphatic rings. The summed E-state index contributed by atoms with van der Waals surface area (Å²) in [5.41, 5.74) is 2.42. The number of aromatic carboxylic acids is 1. The second kappa shape index (κ2) is 8.15. The number of aryl methyl sites for hydroxylation is 2. The minimum atomic E-state index is -1.03. The monoisotopic (exact) mass is 327 g/mol. The quantitative estimate of drug-likeness (QED) is 0.766. The van der Waals surface area contributed by atoms with Crippen molar-refractivity contribution >= 4 is 11.9 Å². The van der Waals surface area contributed by atoms with Crippen LogP contribution < -0.4 is 10.1 Å². The van der Waals surface area contributed by atoms with Crippen LogP contribution in [0.5, 0.6) is 5.75 Å². The summed E-state index contributed by atoms with van der Waals surface area (Å²) in [5, 5.41) is 11.9. The molecule has 0 aliphatic carbocycles. The molecule has 0 spiro atoms. The van der Waals surface area contributed by atoms with Gasteiger partial charge in [-0.05, 0) is 61.2 Å². The van der Waals surface area contributed by atoms with Crippen LogP contribution in [0, 0.1) is 6.92 Å². The lowest BCUT2D eigenvalue weighted by atomic mass is 10.1. The molecule has 0 unspecified atom stereocenters. The average Bonchev–Trinajstić information content (AvgIpc) is 2.58. The van der Waals surface area contributed by atoms with E-state index in [9.17, 15) is 9.59 Å². The Morgan fingerprint density at radius 2 is 1.75 bits per heavy atom. The number of carbonyl (C=O) groups excluding carboxylic acids is 1. The lowest BCUT2D eigenvalue weighted by Crippen LogP contribution is -2.25. The average molecular weight is 327 g/mol. The van der Waals surface area contributed by atoms with Crippen LogP contribution in [0.4, 0.5) is 0 Å². The second-order valence-corrected chi connectivity index (χ2v) is 5.60. The molecular weight excluding hydrogens is 306 g/mol. The van der Waals surface area contributed by atoms with E-state index in [1.807, 2.05) is 24.3 Å². The van der Waals surface area contributed by atoms with Crippen molar-refractivity contribution in [2.45, 2.75) is 19.8 Å². The SMILES string of the molecule is COc1ccc(CCCNC(=O)c2cc(C)cc(C(=O)O)c2)cc1. The Hall–Kier alpha value is -2.82. The number of carboxylic acid groups (broad SMARTS) is 1. The lowest BCUT2D eigenvalue weighted by Gasteiger charge is -2.08. The number of amides is 1. The van der Waals surface area contributed by atoms with Crippen LogP contribution >= 0.6 is 0 Å². The van der Waals surface area contributed by atoms with E-state index in [1.54, 1.807) is 26.2 Å². The number of methoxy groups -OCH3 is 1. The van der Waals surface area contributed by atoms with Gasteiger partial charge in [-0.2, -0.15) is 0 Å². The highest BCUT2D eigenvalue weighted by atomic mass is 16.5. The number of benzene rings is 2. The summed E-state index contributed by atoms with van der Waals surface area (Å²) in [5.74, 6) is -0.469. The molecule has 1 amide bonds. The normalized spacial score (nSPS) is 10.2. The number of carboxylic acids is 1. The fourth-order valence-corrected chi connectivity index (χ4v) is 2.43. The van der Waals surface area contributed by atoms with Gasteiger partial charge in [-0.25, -0.2) is 4.79 Å². The van der Waals surface area contributed by atoms with Crippen LogP contribution in [0.25, 0.3) is 0 Å². The highest BCUT2D eigenvalue weighted by Crippen LogP contribution is 2.13. The zero-order valence-corrected chi connectivity index (χ0v) is 13.8. The first kappa shape index (κ1) is 17.5. The van der Waals surface area contributed by atoms with Crippen LogP contribution in [0.3, 0.4) is 0 Å². The fraction of sp³-hybridized carbons (Fsp3) is 0.263. The van der Waals surface area contributed by atoms with Gasteiger partial charge in [0, 0.05) is 12.1 Å². The standard InChI is InChI=1S/C19H21NO4/c1-13-10-15(12-16(11-13)19(22)23)18(21)20-9-3-4-14-5-7-17(24-2)8-6-14/h5-8,10-12H,3-4,9H2,1-2H3,(H,20,21)(H,22,23). The molecule has 0 fully saturated rings. The topological polar surface area (TPSA) is 75.6 Å². The Morgan fingerprint density at radius 3 is 2.38 bits per heavy atom. The number of rotatable bonds is 7. The van der Waals surface area contributed by atoms with Crippen LogP contribution in [-0.2, 0) is 6.42 Å². The highest BCUT2D eigenvalue weighted by Gasteiger charge is 2.10. The molecule has 0 heterocycles. The van der Waals surface area contributed by atoms with E-state index in [1.165, 1.54) is 11.6 Å². The number of hydrogen-bond acceptors (Lipinski definition) is 3. The van der Waals surface area contributed by atoms with Gasteiger partial charge in [-0.1, -0.05) is 12.1 Å². The first-order valence-corrected chi connectivity index (χ1v) is 7.75. The van der Waals surface area contributed by atoms with Gasteiger partial charge in [-0.3, -0.25) is 4.79 Å². The number of carbonyl (C=O) groups is 2. The molecule has 0 saturated carbocycles. The Kier molecular flexibility index (Phi) is 5.95. The summed E-state index contributed by atoms with van der Waals surface area (Å²) in [7, 11) is 1.63. The Morgan fingerprint density at radius 1 is 1.08 bits per heavy atom. The van der Waals surface area contributed by atoms with Gasteiger partial charge < -0.3 is 15.2 Å². The van der Waals surface area contributed by atoms with E-state index in [-0.39, 0.29) is 11.5 Å². The van der Waals surface area contributed by atoms with E-state index in [2.05, 4.69) is 5.32 Å². The summed E-state index contributed by atoms with van der Waals surface area (Å²) >= 11 is 0. The van der Waals surface area contributed by atoms with Crippen molar-refractivity contribution in [1.82, 2.24) is 5.32 Å². The smallest absolute Gasteiger partial charge is 0.335 e. The third-order valence-corrected chi connectivity index (χ3v) is 3.67. The van der Waals surface area contributed by atoms with Gasteiger partial charge in [0.05, 0.1) is 12.7 Å². The summed E-state index contributed by atoms with van der Waals surface area (Å²) < 4.78 is 5.11. The molecule has 5 nitrogen and oxygen atoms in total. The van der Waals surface area contributed by atoms with Crippen molar-refractivity contribution in [1.29, 1.82) is 0 Å². The highest BCUT2D eigenvalue weighted by molar-refractivity contribution is 5.97. The van der Waals surface area contributed by atoms with Crippen molar-refractivity contribution in [2.75, 3.05) is 13.7 Å². The number of ether oxygens (including phenoxy) is 1. The van der Waals surface area contributed by atoms with E-state index in [0.717, 1.165) is 24.2 Å². The molecule has 126 valence electrons. The minimum absolute atomic E-state index is 0.124. The molecule has 0 aromatic heterocycles. The van der Waals surface area contributed by atoms with Crippen LogP contribution in [0.15, 0.2) is 42.5 Å². The molecule has 2 rings (SSSR count). The minimum Gasteiger partial charge on any atom is -0.497 e. The van der Waals surface area contributed by atoms with E-state index in [4.69, 9.17) is 9.84 Å². The molecule has 0 saturated heterocycles. The molecule has 2 aromatic carbocycles. The maximum absolute atomic E-state index is 12.1. The molecule has 0 atom stereocenters. The maximum Gasteiger partial charge on any atom is 0.335 e. The maximum atomic E-state index is 12.1. The van der Waals surface area contributed by atoms with E-state index >= 15 is 0 Å². The fourth-order valence-electron chi connectivity index (χ4n) is 2.43. The van der Waals surface area contributed by atoms with Crippen LogP contribution in [-0.4, -0.2) is 30.6 Å². The Balaban J connectivity index is 1.85. The lowest BCUT2D eigenvalue weighted by molar-refractivity contribution is 0.0696. The van der Waals surface area contributed by atoms with Gasteiger partial charge in [0.15, 0.2) is 0 Å². The Labute approximate surface area is 141 Å². The van der Waals surface area contributed by atoms with Gasteiger partial charge in [-0.15, -0.1) is 0 Å². The molecule has 5 heteroatoms. The number of hydrogen-bond donors (Lipinski definition) is 2. The van der Waals surface area contributed by atoms with Crippen molar-refractivity contribution in [2.24, 2.45) is 0 Å². The molecule has 2 aromatic rings. The summed E-state index contributed by atoms with van der Waals surface area (Å²) in [6, 6.07) is 12.4. The van der Waals surface area contributed by atoms with Gasteiger partial charge in [0.25, 0.3) is 5.91 Å². The van der Waals surface area contributed by atoms with Crippen molar-refractivity contribution in [3.63, 3.8) is 0 Å². The Bertz CT molecular complexity index is 723. The zero-order chi connectivity index (χ0) is 17.5. The second-order valence-electron chi connectivity index (χ2n) is 5.60. The molecule has 0 bridgehead atoms. The van der Waals surface area contributed by atoms with E-state index < -0.39 is 5.97 Å². The van der Waals surface area contributed by atoms with Gasteiger partial charge >= 0.3 is 5.97 Å². The first-order valence-electron chi connectivity index (χ1n) is 7.75. The predicted molar refractivity (Wildman–Crippen MR) is 91.8 cm³/mol. The largest absolute Gasteiger partial charge is 0.497 e. The first-order chi connectivity index (χ1) is 11.5.